The number of benzene rings is 4. The van der Waals surface area contributed by atoms with Crippen molar-refractivity contribution in [1.29, 1.82) is 0 Å². The van der Waals surface area contributed by atoms with Gasteiger partial charge in [0.1, 0.15) is 11.4 Å². The number of piperazine rings is 1. The van der Waals surface area contributed by atoms with E-state index in [1.54, 1.807) is 25.2 Å². The summed E-state index contributed by atoms with van der Waals surface area (Å²) >= 11 is 12.5. The number of halogens is 2. The molecule has 11 heteroatoms. The minimum absolute atomic E-state index is 0.0809. The summed E-state index contributed by atoms with van der Waals surface area (Å²) in [7, 11) is 3.48. The Morgan fingerprint density at radius 1 is 0.849 bits per heavy atom. The van der Waals surface area contributed by atoms with Crippen molar-refractivity contribution in [1.82, 2.24) is 20.0 Å². The molecule has 274 valence electrons. The van der Waals surface area contributed by atoms with Crippen LogP contribution in [0.2, 0.25) is 10.0 Å². The van der Waals surface area contributed by atoms with Gasteiger partial charge in [-0.25, -0.2) is 0 Å². The predicted octanol–water partition coefficient (Wildman–Crippen LogP) is 8.37. The second-order valence-corrected chi connectivity index (χ2v) is 14.0. The average Bonchev–Trinajstić information content (AvgIpc) is 3.19. The normalized spacial score (nSPS) is 14.0. The van der Waals surface area contributed by atoms with Crippen molar-refractivity contribution < 1.29 is 14.3 Å². The number of unbranched alkanes of at least 4 members (excludes halogenated alkanes) is 1. The molecule has 0 spiro atoms. The molecule has 4 aromatic carbocycles. The van der Waals surface area contributed by atoms with Gasteiger partial charge in [-0.3, -0.25) is 14.5 Å². The Hall–Kier alpha value is -4.96. The van der Waals surface area contributed by atoms with Crippen LogP contribution in [0.4, 0.5) is 11.4 Å². The fraction of sp³-hybridized carbons (Fsp3) is 0.286. The number of rotatable bonds is 10. The highest BCUT2D eigenvalue weighted by Crippen LogP contribution is 2.33. The third-order valence-corrected chi connectivity index (χ3v) is 10.2. The maximum absolute atomic E-state index is 12.8. The number of carbonyl (C=O) groups excluding carboxylic acids is 2. The van der Waals surface area contributed by atoms with Gasteiger partial charge in [-0.1, -0.05) is 96.0 Å². The molecule has 0 radical (unpaired) electrons. The number of fused-ring (bicyclic) bond motifs is 1. The summed E-state index contributed by atoms with van der Waals surface area (Å²) in [5, 5.41) is 12.5. The van der Waals surface area contributed by atoms with Gasteiger partial charge in [-0.15, -0.1) is 5.10 Å². The van der Waals surface area contributed by atoms with E-state index in [1.807, 2.05) is 91.0 Å². The van der Waals surface area contributed by atoms with Crippen LogP contribution in [0.5, 0.6) is 5.75 Å². The highest BCUT2D eigenvalue weighted by molar-refractivity contribution is 6.43. The fourth-order valence-electron chi connectivity index (χ4n) is 6.48. The van der Waals surface area contributed by atoms with E-state index in [1.165, 1.54) is 5.56 Å². The van der Waals surface area contributed by atoms with Crippen LogP contribution in [0, 0.1) is 0 Å². The van der Waals surface area contributed by atoms with Crippen molar-refractivity contribution in [3.8, 4) is 28.1 Å². The lowest BCUT2D eigenvalue weighted by Gasteiger charge is -2.36. The van der Waals surface area contributed by atoms with Gasteiger partial charge < -0.3 is 19.9 Å². The first-order chi connectivity index (χ1) is 25.8. The first-order valence-corrected chi connectivity index (χ1v) is 18.7. The van der Waals surface area contributed by atoms with E-state index >= 15 is 0 Å². The third kappa shape index (κ3) is 9.73. The number of carbonyl (C=O) groups is 2. The molecular weight excluding hydrogens is 707 g/mol. The van der Waals surface area contributed by atoms with Gasteiger partial charge in [0.25, 0.3) is 5.91 Å². The summed E-state index contributed by atoms with van der Waals surface area (Å²) in [6, 6.07) is 31.2. The summed E-state index contributed by atoms with van der Waals surface area (Å²) in [5.41, 5.74) is 6.89. The quantitative estimate of drug-likeness (QED) is 0.144. The van der Waals surface area contributed by atoms with Crippen LogP contribution in [0.25, 0.3) is 22.4 Å². The molecule has 53 heavy (non-hydrogen) atoms. The number of anilines is 2. The lowest BCUT2D eigenvalue weighted by Crippen LogP contribution is -2.46. The molecule has 2 amide bonds. The van der Waals surface area contributed by atoms with Gasteiger partial charge in [0, 0.05) is 69.6 Å². The zero-order valence-electron chi connectivity index (χ0n) is 30.1. The van der Waals surface area contributed by atoms with E-state index in [0.29, 0.717) is 34.3 Å². The number of hydrogen-bond donors (Lipinski definition) is 1. The SMILES string of the molecule is CN(C)C(=O)c1c(-c2ccccc2)cnnc1-c1ccccc1.O=C1CCc2ccc(OCCCCN3CCN(c4cccc(Cl)c4Cl)CC3)cc2N1. The maximum Gasteiger partial charge on any atom is 0.256 e. The van der Waals surface area contributed by atoms with Gasteiger partial charge in [-0.05, 0) is 55.1 Å². The number of amides is 2. The second-order valence-electron chi connectivity index (χ2n) is 13.2. The standard InChI is InChI=1S/C23H27Cl2N3O2.C19H17N3O/c24-19-4-3-5-21(23(19)25)28-13-11-27(12-14-28)10-1-2-15-30-18-8-6-17-7-9-22(29)26-20(17)16-18;1-22(2)19(23)17-16(14-9-5-3-6-10-14)13-20-21-18(17)15-11-7-4-8-12-15/h3-6,8,16H,1-2,7,9-15H2,(H,26,29);3-13H,1-2H3. The molecule has 0 saturated carbocycles. The molecule has 2 aliphatic rings. The molecule has 1 aromatic heterocycles. The largest absolute Gasteiger partial charge is 0.494 e. The van der Waals surface area contributed by atoms with Crippen LogP contribution >= 0.6 is 23.2 Å². The Bertz CT molecular complexity index is 1950. The van der Waals surface area contributed by atoms with E-state index in [4.69, 9.17) is 27.9 Å². The minimum Gasteiger partial charge on any atom is -0.494 e. The molecule has 3 heterocycles. The number of hydrogen-bond acceptors (Lipinski definition) is 7. The van der Waals surface area contributed by atoms with Gasteiger partial charge in [0.05, 0.1) is 34.1 Å². The third-order valence-electron chi connectivity index (χ3n) is 9.36. The molecule has 5 aromatic rings. The van der Waals surface area contributed by atoms with Crippen LogP contribution in [0.3, 0.4) is 0 Å². The maximum atomic E-state index is 12.8. The number of aromatic nitrogens is 2. The molecule has 1 N–H and O–H groups in total. The Kier molecular flexibility index (Phi) is 13.0. The Morgan fingerprint density at radius 3 is 2.28 bits per heavy atom. The topological polar surface area (TPSA) is 90.9 Å². The van der Waals surface area contributed by atoms with Gasteiger partial charge in [0.2, 0.25) is 5.91 Å². The van der Waals surface area contributed by atoms with Gasteiger partial charge in [0.15, 0.2) is 0 Å². The van der Waals surface area contributed by atoms with Crippen molar-refractivity contribution in [2.24, 2.45) is 0 Å². The Morgan fingerprint density at radius 2 is 1.57 bits per heavy atom. The van der Waals surface area contributed by atoms with Crippen molar-refractivity contribution in [3.05, 3.63) is 124 Å². The van der Waals surface area contributed by atoms with E-state index in [9.17, 15) is 9.59 Å². The van der Waals surface area contributed by atoms with Crippen molar-refractivity contribution >= 4 is 46.4 Å². The Balaban J connectivity index is 0.000000188. The summed E-state index contributed by atoms with van der Waals surface area (Å²) in [6.07, 6.45) is 5.12. The summed E-state index contributed by atoms with van der Waals surface area (Å²) in [6.45, 7) is 5.71. The smallest absolute Gasteiger partial charge is 0.256 e. The van der Waals surface area contributed by atoms with E-state index < -0.39 is 0 Å². The van der Waals surface area contributed by atoms with Gasteiger partial charge in [-0.2, -0.15) is 5.10 Å². The lowest BCUT2D eigenvalue weighted by molar-refractivity contribution is -0.116. The van der Waals surface area contributed by atoms with Crippen molar-refractivity contribution in [2.75, 3.05) is 63.6 Å². The average molecular weight is 752 g/mol. The summed E-state index contributed by atoms with van der Waals surface area (Å²) in [5.74, 6) is 0.818. The molecule has 0 aliphatic carbocycles. The highest BCUT2D eigenvalue weighted by atomic mass is 35.5. The Labute approximate surface area is 321 Å². The highest BCUT2D eigenvalue weighted by Gasteiger charge is 2.23. The monoisotopic (exact) mass is 750 g/mol. The summed E-state index contributed by atoms with van der Waals surface area (Å²) in [4.78, 5) is 30.7. The number of aryl methyl sites for hydroxylation is 1. The number of nitrogens with one attached hydrogen (secondary N) is 1. The first kappa shape index (κ1) is 37.8. The molecule has 1 saturated heterocycles. The van der Waals surface area contributed by atoms with Gasteiger partial charge >= 0.3 is 0 Å². The summed E-state index contributed by atoms with van der Waals surface area (Å²) < 4.78 is 5.89. The van der Waals surface area contributed by atoms with E-state index in [-0.39, 0.29) is 11.8 Å². The van der Waals surface area contributed by atoms with Crippen LogP contribution in [0.15, 0.2) is 103 Å². The molecule has 0 bridgehead atoms. The van der Waals surface area contributed by atoms with Crippen LogP contribution in [-0.4, -0.2) is 85.2 Å². The minimum atomic E-state index is -0.0855. The first-order valence-electron chi connectivity index (χ1n) is 17.9. The molecule has 2 aliphatic heterocycles. The van der Waals surface area contributed by atoms with E-state index in [2.05, 4.69) is 31.4 Å². The van der Waals surface area contributed by atoms with Crippen molar-refractivity contribution in [3.63, 3.8) is 0 Å². The van der Waals surface area contributed by atoms with Crippen molar-refractivity contribution in [2.45, 2.75) is 25.7 Å². The zero-order valence-corrected chi connectivity index (χ0v) is 31.6. The molecule has 9 nitrogen and oxygen atoms in total. The van der Waals surface area contributed by atoms with Crippen LogP contribution in [-0.2, 0) is 11.2 Å². The number of ether oxygens (including phenoxy) is 1. The second kappa shape index (κ2) is 18.2. The molecule has 1 fully saturated rings. The molecule has 0 atom stereocenters. The molecular formula is C42H44Cl2N6O3. The zero-order chi connectivity index (χ0) is 37.2. The fourth-order valence-corrected chi connectivity index (χ4v) is 6.89. The number of nitrogens with zero attached hydrogens (tertiary/aromatic N) is 5. The van der Waals surface area contributed by atoms with Crippen LogP contribution in [0.1, 0.15) is 35.2 Å². The predicted molar refractivity (Wildman–Crippen MR) is 214 cm³/mol. The lowest BCUT2D eigenvalue weighted by atomic mass is 9.96. The molecule has 0 unspecified atom stereocenters. The van der Waals surface area contributed by atoms with Crippen LogP contribution < -0.4 is 15.0 Å². The van der Waals surface area contributed by atoms with E-state index in [0.717, 1.165) is 85.8 Å². The molecule has 7 rings (SSSR count).